The normalized spacial score (nSPS) is 11.5. The van der Waals surface area contributed by atoms with Crippen LogP contribution in [0, 0.1) is 11.8 Å². The number of nitrogens with zero attached hydrogens (tertiary/aromatic N) is 5. The Morgan fingerprint density at radius 3 is 2.59 bits per heavy atom. The van der Waals surface area contributed by atoms with Crippen LogP contribution in [0.4, 0.5) is 11.5 Å². The molecule has 0 bridgehead atoms. The Balaban J connectivity index is 1.45. The number of carbonyl (C=O) groups is 1. The number of fused-ring (bicyclic) bond motifs is 2. The van der Waals surface area contributed by atoms with E-state index < -0.39 is 11.9 Å². The molecule has 10 heteroatoms. The molecule has 1 atom stereocenters. The molecule has 2 aromatic carbocycles. The van der Waals surface area contributed by atoms with Crippen LogP contribution in [0.1, 0.15) is 40.1 Å². The van der Waals surface area contributed by atoms with E-state index in [1.165, 1.54) is 9.19 Å². The van der Waals surface area contributed by atoms with Crippen LogP contribution in [0.3, 0.4) is 0 Å². The Kier molecular flexibility index (Phi) is 6.59. The van der Waals surface area contributed by atoms with Gasteiger partial charge in [0.15, 0.2) is 11.5 Å². The van der Waals surface area contributed by atoms with Crippen molar-refractivity contribution < 1.29 is 4.79 Å². The standard InChI is InChI=1S/C31H24N8O2/c1-20(35-30(40)27-28(32)37-38-18-6-15-34-29(27)38)25-19-23-8-5-7-22(12-11-21-13-16-33-17-14-21)26(23)31(41)39(25)36-24-9-3-2-4-10-24/h2-10,13-20,36H,1H3,(H2,32,37)(H,35,40)/t20-/m0/s1. The van der Waals surface area contributed by atoms with Crippen LogP contribution in [-0.4, -0.2) is 30.2 Å². The second-order valence-corrected chi connectivity index (χ2v) is 9.29. The van der Waals surface area contributed by atoms with Gasteiger partial charge < -0.3 is 11.1 Å². The second-order valence-electron chi connectivity index (χ2n) is 9.29. The SMILES string of the molecule is C[C@H](NC(=O)c1c(N)nn2cccnc12)c1cc2cccc(C#Cc3ccncc3)c2c(=O)n1Nc1ccccc1. The van der Waals surface area contributed by atoms with Crippen molar-refractivity contribution >= 4 is 33.8 Å². The fourth-order valence-corrected chi connectivity index (χ4v) is 4.60. The molecule has 200 valence electrons. The second kappa shape index (κ2) is 10.7. The first-order chi connectivity index (χ1) is 20.0. The quantitative estimate of drug-likeness (QED) is 0.284. The molecule has 0 aliphatic heterocycles. The lowest BCUT2D eigenvalue weighted by Gasteiger charge is -2.22. The molecule has 0 saturated heterocycles. The molecule has 41 heavy (non-hydrogen) atoms. The van der Waals surface area contributed by atoms with Crippen LogP contribution in [0.2, 0.25) is 0 Å². The average molecular weight is 541 g/mol. The minimum absolute atomic E-state index is 0.0594. The van der Waals surface area contributed by atoms with Gasteiger partial charge in [0.25, 0.3) is 11.5 Å². The number of carbonyl (C=O) groups excluding carboxylic acids is 1. The van der Waals surface area contributed by atoms with Crippen molar-refractivity contribution in [1.82, 2.24) is 29.6 Å². The van der Waals surface area contributed by atoms with Crippen molar-refractivity contribution in [2.24, 2.45) is 0 Å². The number of nitrogens with two attached hydrogens (primary N) is 1. The molecule has 10 nitrogen and oxygen atoms in total. The lowest BCUT2D eigenvalue weighted by atomic mass is 10.0. The van der Waals surface area contributed by atoms with Gasteiger partial charge >= 0.3 is 0 Å². The maximum absolute atomic E-state index is 14.1. The summed E-state index contributed by atoms with van der Waals surface area (Å²) < 4.78 is 2.89. The minimum Gasteiger partial charge on any atom is -0.381 e. The van der Waals surface area contributed by atoms with Crippen molar-refractivity contribution in [3.05, 3.63) is 130 Å². The molecule has 0 saturated carbocycles. The zero-order valence-electron chi connectivity index (χ0n) is 21.9. The number of pyridine rings is 2. The van der Waals surface area contributed by atoms with Crippen LogP contribution in [-0.2, 0) is 0 Å². The summed E-state index contributed by atoms with van der Waals surface area (Å²) in [6, 6.07) is 21.4. The van der Waals surface area contributed by atoms with Crippen molar-refractivity contribution in [3.8, 4) is 11.8 Å². The van der Waals surface area contributed by atoms with E-state index in [-0.39, 0.29) is 16.9 Å². The molecule has 4 N–H and O–H groups in total. The molecule has 4 heterocycles. The highest BCUT2D eigenvalue weighted by Gasteiger charge is 2.23. The third-order valence-corrected chi connectivity index (χ3v) is 6.55. The lowest BCUT2D eigenvalue weighted by Crippen LogP contribution is -2.36. The van der Waals surface area contributed by atoms with E-state index in [4.69, 9.17) is 5.73 Å². The highest BCUT2D eigenvalue weighted by molar-refractivity contribution is 6.04. The van der Waals surface area contributed by atoms with E-state index >= 15 is 0 Å². The summed E-state index contributed by atoms with van der Waals surface area (Å²) in [5.74, 6) is 5.85. The number of anilines is 2. The lowest BCUT2D eigenvalue weighted by molar-refractivity contribution is 0.0941. The predicted molar refractivity (Wildman–Crippen MR) is 157 cm³/mol. The van der Waals surface area contributed by atoms with Gasteiger partial charge in [0, 0.05) is 35.9 Å². The van der Waals surface area contributed by atoms with Gasteiger partial charge in [-0.3, -0.25) is 20.0 Å². The monoisotopic (exact) mass is 540 g/mol. The van der Waals surface area contributed by atoms with Crippen molar-refractivity contribution in [2.45, 2.75) is 13.0 Å². The van der Waals surface area contributed by atoms with Gasteiger partial charge in [-0.05, 0) is 54.8 Å². The van der Waals surface area contributed by atoms with Gasteiger partial charge in [0.2, 0.25) is 0 Å². The number of amides is 1. The molecule has 0 unspecified atom stereocenters. The van der Waals surface area contributed by atoms with E-state index in [1.54, 1.807) is 37.8 Å². The van der Waals surface area contributed by atoms with Crippen LogP contribution < -0.4 is 22.0 Å². The van der Waals surface area contributed by atoms with E-state index in [9.17, 15) is 9.59 Å². The largest absolute Gasteiger partial charge is 0.381 e. The Hall–Kier alpha value is -5.95. The first-order valence-electron chi connectivity index (χ1n) is 12.8. The average Bonchev–Trinajstić information content (AvgIpc) is 3.34. The van der Waals surface area contributed by atoms with Crippen molar-refractivity contribution in [1.29, 1.82) is 0 Å². The molecule has 6 aromatic rings. The number of rotatable bonds is 5. The highest BCUT2D eigenvalue weighted by atomic mass is 16.2. The van der Waals surface area contributed by atoms with E-state index in [0.717, 1.165) is 5.56 Å². The van der Waals surface area contributed by atoms with Gasteiger partial charge in [-0.1, -0.05) is 42.2 Å². The fraction of sp³-hybridized carbons (Fsp3) is 0.0645. The van der Waals surface area contributed by atoms with Gasteiger partial charge in [-0.15, -0.1) is 5.10 Å². The first-order valence-corrected chi connectivity index (χ1v) is 12.8. The van der Waals surface area contributed by atoms with Gasteiger partial charge in [0.1, 0.15) is 5.56 Å². The summed E-state index contributed by atoms with van der Waals surface area (Å²) in [4.78, 5) is 35.8. The van der Waals surface area contributed by atoms with Crippen LogP contribution in [0.15, 0.2) is 102 Å². The van der Waals surface area contributed by atoms with Crippen molar-refractivity contribution in [3.63, 3.8) is 0 Å². The third kappa shape index (κ3) is 4.95. The number of aromatic nitrogens is 5. The Labute approximate surface area is 234 Å². The summed E-state index contributed by atoms with van der Waals surface area (Å²) in [5.41, 5.74) is 12.1. The van der Waals surface area contributed by atoms with Gasteiger partial charge in [0.05, 0.1) is 22.8 Å². The predicted octanol–water partition coefficient (Wildman–Crippen LogP) is 3.79. The molecule has 0 aliphatic carbocycles. The van der Waals surface area contributed by atoms with Crippen LogP contribution in [0.25, 0.3) is 16.4 Å². The Morgan fingerprint density at radius 2 is 1.78 bits per heavy atom. The van der Waals surface area contributed by atoms with Crippen molar-refractivity contribution in [2.75, 3.05) is 11.2 Å². The number of nitrogen functional groups attached to an aromatic ring is 1. The van der Waals surface area contributed by atoms with E-state index in [1.807, 2.05) is 66.7 Å². The summed E-state index contributed by atoms with van der Waals surface area (Å²) >= 11 is 0. The number of para-hydroxylation sites is 1. The molecular weight excluding hydrogens is 516 g/mol. The molecule has 1 amide bonds. The first kappa shape index (κ1) is 25.3. The number of nitrogens with one attached hydrogen (secondary N) is 2. The summed E-state index contributed by atoms with van der Waals surface area (Å²) in [7, 11) is 0. The van der Waals surface area contributed by atoms with Crippen LogP contribution in [0.5, 0.6) is 0 Å². The van der Waals surface area contributed by atoms with Crippen LogP contribution >= 0.6 is 0 Å². The molecule has 0 radical (unpaired) electrons. The topological polar surface area (TPSA) is 132 Å². The van der Waals surface area contributed by atoms with E-state index in [2.05, 4.69) is 37.7 Å². The highest BCUT2D eigenvalue weighted by Crippen LogP contribution is 2.23. The molecular formula is C31H24N8O2. The van der Waals surface area contributed by atoms with Gasteiger partial charge in [-0.25, -0.2) is 14.2 Å². The summed E-state index contributed by atoms with van der Waals surface area (Å²) in [6.45, 7) is 1.80. The maximum Gasteiger partial charge on any atom is 0.278 e. The zero-order valence-corrected chi connectivity index (χ0v) is 21.9. The third-order valence-electron chi connectivity index (χ3n) is 6.55. The minimum atomic E-state index is -0.611. The molecule has 0 aliphatic rings. The smallest absolute Gasteiger partial charge is 0.278 e. The number of benzene rings is 2. The Morgan fingerprint density at radius 1 is 0.976 bits per heavy atom. The zero-order chi connectivity index (χ0) is 28.3. The molecule has 0 spiro atoms. The number of hydrogen-bond acceptors (Lipinski definition) is 7. The molecule has 4 aromatic heterocycles. The number of hydrogen-bond donors (Lipinski definition) is 3. The van der Waals surface area contributed by atoms with E-state index in [0.29, 0.717) is 33.4 Å². The maximum atomic E-state index is 14.1. The molecule has 6 rings (SSSR count). The molecule has 0 fully saturated rings. The fourth-order valence-electron chi connectivity index (χ4n) is 4.60. The van der Waals surface area contributed by atoms with Gasteiger partial charge in [-0.2, -0.15) is 0 Å². The summed E-state index contributed by atoms with van der Waals surface area (Å²) in [6.07, 6.45) is 6.57. The summed E-state index contributed by atoms with van der Waals surface area (Å²) in [5, 5.41) is 8.29. The Bertz CT molecular complexity index is 2020.